The number of aryl methyl sites for hydroxylation is 1. The van der Waals surface area contributed by atoms with Crippen molar-refractivity contribution in [1.82, 2.24) is 0 Å². The monoisotopic (exact) mass is 370 g/mol. The number of ether oxygens (including phenoxy) is 1. The number of carbonyl (C=O) groups excluding carboxylic acids is 1. The van der Waals surface area contributed by atoms with E-state index in [1.165, 1.54) is 6.08 Å². The standard InChI is InChI=1S/C18H15BrN2O2/c1-12-5-3-4-6-16(12)21-18(22)14(11-20)9-13-7-8-17(23-2)15(19)10-13/h3-10H,1-2H3,(H,21,22)/b14-9+. The van der Waals surface area contributed by atoms with Crippen LogP contribution in [0, 0.1) is 18.3 Å². The minimum Gasteiger partial charge on any atom is -0.496 e. The highest BCUT2D eigenvalue weighted by molar-refractivity contribution is 9.10. The lowest BCUT2D eigenvalue weighted by molar-refractivity contribution is -0.112. The molecular formula is C18H15BrN2O2. The van der Waals surface area contributed by atoms with E-state index in [1.807, 2.05) is 31.2 Å². The number of hydrogen-bond acceptors (Lipinski definition) is 3. The molecule has 116 valence electrons. The van der Waals surface area contributed by atoms with E-state index in [4.69, 9.17) is 4.74 Å². The highest BCUT2D eigenvalue weighted by atomic mass is 79.9. The number of benzene rings is 2. The molecule has 0 fully saturated rings. The minimum absolute atomic E-state index is 0.0327. The third kappa shape index (κ3) is 4.21. The summed E-state index contributed by atoms with van der Waals surface area (Å²) in [6.07, 6.45) is 1.54. The Morgan fingerprint density at radius 3 is 2.65 bits per heavy atom. The van der Waals surface area contributed by atoms with Crippen LogP contribution in [-0.4, -0.2) is 13.0 Å². The van der Waals surface area contributed by atoms with E-state index in [2.05, 4.69) is 21.2 Å². The van der Waals surface area contributed by atoms with Gasteiger partial charge in [-0.05, 0) is 58.3 Å². The first-order valence-corrected chi connectivity index (χ1v) is 7.66. The zero-order valence-electron chi connectivity index (χ0n) is 12.8. The van der Waals surface area contributed by atoms with Crippen LogP contribution in [0.4, 0.5) is 5.69 Å². The van der Waals surface area contributed by atoms with E-state index in [0.717, 1.165) is 15.6 Å². The van der Waals surface area contributed by atoms with E-state index in [0.29, 0.717) is 11.4 Å². The van der Waals surface area contributed by atoms with Crippen LogP contribution in [0.2, 0.25) is 0 Å². The maximum Gasteiger partial charge on any atom is 0.266 e. The minimum atomic E-state index is -0.436. The lowest BCUT2D eigenvalue weighted by Crippen LogP contribution is -2.14. The van der Waals surface area contributed by atoms with Crippen molar-refractivity contribution in [2.24, 2.45) is 0 Å². The van der Waals surface area contributed by atoms with Crippen LogP contribution in [0.15, 0.2) is 52.5 Å². The molecule has 0 heterocycles. The van der Waals surface area contributed by atoms with Gasteiger partial charge in [0.1, 0.15) is 17.4 Å². The number of halogens is 1. The topological polar surface area (TPSA) is 62.1 Å². The van der Waals surface area contributed by atoms with Gasteiger partial charge in [-0.15, -0.1) is 0 Å². The Hall–Kier alpha value is -2.58. The number of rotatable bonds is 4. The molecule has 0 aliphatic rings. The number of amides is 1. The van der Waals surface area contributed by atoms with Crippen LogP contribution in [-0.2, 0) is 4.79 Å². The first kappa shape index (κ1) is 16.8. The van der Waals surface area contributed by atoms with Gasteiger partial charge in [-0.2, -0.15) is 5.26 Å². The molecule has 5 heteroatoms. The molecule has 2 aromatic carbocycles. The predicted octanol–water partition coefficient (Wildman–Crippen LogP) is 4.31. The summed E-state index contributed by atoms with van der Waals surface area (Å²) in [4.78, 5) is 12.3. The lowest BCUT2D eigenvalue weighted by atomic mass is 10.1. The third-order valence-electron chi connectivity index (χ3n) is 3.25. The Kier molecular flexibility index (Phi) is 5.56. The maximum absolute atomic E-state index is 12.3. The molecular weight excluding hydrogens is 356 g/mol. The van der Waals surface area contributed by atoms with E-state index in [9.17, 15) is 10.1 Å². The summed E-state index contributed by atoms with van der Waals surface area (Å²) in [5.74, 6) is 0.249. The van der Waals surface area contributed by atoms with Crippen molar-refractivity contribution in [2.75, 3.05) is 12.4 Å². The zero-order valence-corrected chi connectivity index (χ0v) is 14.3. The number of methoxy groups -OCH3 is 1. The number of nitrogens with zero attached hydrogens (tertiary/aromatic N) is 1. The van der Waals surface area contributed by atoms with Gasteiger partial charge in [0.2, 0.25) is 0 Å². The molecule has 0 spiro atoms. The summed E-state index contributed by atoms with van der Waals surface area (Å²) in [5.41, 5.74) is 2.39. The van der Waals surface area contributed by atoms with Gasteiger partial charge in [0, 0.05) is 5.69 Å². The number of nitrogens with one attached hydrogen (secondary N) is 1. The first-order valence-electron chi connectivity index (χ1n) is 6.87. The summed E-state index contributed by atoms with van der Waals surface area (Å²) >= 11 is 3.38. The highest BCUT2D eigenvalue weighted by Gasteiger charge is 2.11. The molecule has 4 nitrogen and oxygen atoms in total. The van der Waals surface area contributed by atoms with E-state index >= 15 is 0 Å². The van der Waals surface area contributed by atoms with Gasteiger partial charge >= 0.3 is 0 Å². The van der Waals surface area contributed by atoms with E-state index < -0.39 is 5.91 Å². The van der Waals surface area contributed by atoms with E-state index in [1.54, 1.807) is 31.4 Å². The molecule has 0 aromatic heterocycles. The zero-order chi connectivity index (χ0) is 16.8. The van der Waals surface area contributed by atoms with Gasteiger partial charge in [0.25, 0.3) is 5.91 Å². The van der Waals surface area contributed by atoms with Crippen LogP contribution in [0.1, 0.15) is 11.1 Å². The Morgan fingerprint density at radius 2 is 2.04 bits per heavy atom. The van der Waals surface area contributed by atoms with Crippen LogP contribution in [0.3, 0.4) is 0 Å². The number of carbonyl (C=O) groups is 1. The lowest BCUT2D eigenvalue weighted by Gasteiger charge is -2.07. The van der Waals surface area contributed by atoms with Crippen LogP contribution in [0.5, 0.6) is 5.75 Å². The van der Waals surface area contributed by atoms with Crippen molar-refractivity contribution in [3.05, 3.63) is 63.6 Å². The fourth-order valence-electron chi connectivity index (χ4n) is 1.99. The van der Waals surface area contributed by atoms with Crippen molar-refractivity contribution in [3.63, 3.8) is 0 Å². The quantitative estimate of drug-likeness (QED) is 0.644. The second kappa shape index (κ2) is 7.61. The molecule has 23 heavy (non-hydrogen) atoms. The number of anilines is 1. The molecule has 1 amide bonds. The summed E-state index contributed by atoms with van der Waals surface area (Å²) in [5, 5.41) is 12.0. The van der Waals surface area contributed by atoms with Gasteiger partial charge in [-0.1, -0.05) is 24.3 Å². The van der Waals surface area contributed by atoms with Gasteiger partial charge in [-0.3, -0.25) is 4.79 Å². The van der Waals surface area contributed by atoms with Gasteiger partial charge < -0.3 is 10.1 Å². The van der Waals surface area contributed by atoms with Gasteiger partial charge in [0.05, 0.1) is 11.6 Å². The molecule has 0 atom stereocenters. The SMILES string of the molecule is COc1ccc(/C=C(\C#N)C(=O)Nc2ccccc2C)cc1Br. The van der Waals surface area contributed by atoms with Crippen molar-refractivity contribution in [1.29, 1.82) is 5.26 Å². The van der Waals surface area contributed by atoms with Gasteiger partial charge in [-0.25, -0.2) is 0 Å². The average Bonchev–Trinajstić information content (AvgIpc) is 2.54. The second-order valence-corrected chi connectivity index (χ2v) is 5.69. The normalized spacial score (nSPS) is 10.8. The molecule has 0 aliphatic heterocycles. The molecule has 0 radical (unpaired) electrons. The number of para-hydroxylation sites is 1. The molecule has 2 rings (SSSR count). The smallest absolute Gasteiger partial charge is 0.266 e. The van der Waals surface area contributed by atoms with Crippen LogP contribution < -0.4 is 10.1 Å². The van der Waals surface area contributed by atoms with Crippen molar-refractivity contribution >= 4 is 33.6 Å². The number of nitriles is 1. The van der Waals surface area contributed by atoms with Crippen LogP contribution in [0.25, 0.3) is 6.08 Å². The second-order valence-electron chi connectivity index (χ2n) is 4.83. The molecule has 0 saturated carbocycles. The number of hydrogen-bond donors (Lipinski definition) is 1. The molecule has 0 bridgehead atoms. The summed E-state index contributed by atoms with van der Waals surface area (Å²) in [6.45, 7) is 1.89. The third-order valence-corrected chi connectivity index (χ3v) is 3.86. The molecule has 0 unspecified atom stereocenters. The summed E-state index contributed by atoms with van der Waals surface area (Å²) < 4.78 is 5.91. The Balaban J connectivity index is 2.25. The Labute approximate surface area is 143 Å². The Bertz CT molecular complexity index is 807. The summed E-state index contributed by atoms with van der Waals surface area (Å²) in [7, 11) is 1.58. The highest BCUT2D eigenvalue weighted by Crippen LogP contribution is 2.26. The van der Waals surface area contributed by atoms with Crippen molar-refractivity contribution < 1.29 is 9.53 Å². The van der Waals surface area contributed by atoms with Gasteiger partial charge in [0.15, 0.2) is 0 Å². The van der Waals surface area contributed by atoms with Crippen molar-refractivity contribution in [3.8, 4) is 11.8 Å². The van der Waals surface area contributed by atoms with Crippen LogP contribution >= 0.6 is 15.9 Å². The largest absolute Gasteiger partial charge is 0.496 e. The Morgan fingerprint density at radius 1 is 1.30 bits per heavy atom. The molecule has 0 aliphatic carbocycles. The molecule has 1 N–H and O–H groups in total. The van der Waals surface area contributed by atoms with E-state index in [-0.39, 0.29) is 5.57 Å². The fraction of sp³-hybridized carbons (Fsp3) is 0.111. The molecule has 2 aromatic rings. The predicted molar refractivity (Wildman–Crippen MR) is 94.1 cm³/mol. The maximum atomic E-state index is 12.3. The summed E-state index contributed by atoms with van der Waals surface area (Å²) in [6, 6.07) is 14.7. The fourth-order valence-corrected chi connectivity index (χ4v) is 2.55. The van der Waals surface area contributed by atoms with Crippen molar-refractivity contribution in [2.45, 2.75) is 6.92 Å². The average molecular weight is 371 g/mol. The molecule has 0 saturated heterocycles. The first-order chi connectivity index (χ1) is 11.0.